The van der Waals surface area contributed by atoms with Gasteiger partial charge in [0, 0.05) is 9.58 Å². The van der Waals surface area contributed by atoms with Crippen LogP contribution in [-0.2, 0) is 19.3 Å². The van der Waals surface area contributed by atoms with E-state index in [1.807, 2.05) is 6.07 Å². The van der Waals surface area contributed by atoms with Crippen molar-refractivity contribution in [2.45, 2.75) is 53.4 Å². The van der Waals surface area contributed by atoms with Gasteiger partial charge in [-0.1, -0.05) is 68.8 Å². The summed E-state index contributed by atoms with van der Waals surface area (Å²) in [5.74, 6) is 0.620. The number of anilines is 1. The van der Waals surface area contributed by atoms with Crippen LogP contribution in [0.25, 0.3) is 10.1 Å². The Hall–Kier alpha value is -2.50. The monoisotopic (exact) mass is 474 g/mol. The molecule has 0 radical (unpaired) electrons. The Kier molecular flexibility index (Phi) is 5.87. The molecule has 0 aliphatic heterocycles. The van der Waals surface area contributed by atoms with Gasteiger partial charge in [-0.25, -0.2) is 4.98 Å². The minimum atomic E-state index is -0.0446. The Morgan fingerprint density at radius 1 is 1.09 bits per heavy atom. The third-order valence-corrected chi connectivity index (χ3v) is 9.04. The number of nitrogens with zero attached hydrogens (tertiary/aromatic N) is 1. The van der Waals surface area contributed by atoms with E-state index in [0.29, 0.717) is 11.3 Å². The van der Waals surface area contributed by atoms with Crippen LogP contribution in [0.3, 0.4) is 0 Å². The standard InChI is InChI=1S/C28H30N2OS2/c1-17-9-11-18(12-10-17)15-21-20-7-5-6-8-23(20)32-25(21)26(31)30-27-29-22-14-13-19(28(2,3)4)16-24(22)33-27/h5-12,19H,13-16H2,1-4H3,(H,29,30,31). The molecule has 2 aromatic carbocycles. The molecule has 1 N–H and O–H groups in total. The molecule has 4 aromatic rings. The van der Waals surface area contributed by atoms with Crippen LogP contribution in [0.4, 0.5) is 5.13 Å². The predicted molar refractivity (Wildman–Crippen MR) is 141 cm³/mol. The van der Waals surface area contributed by atoms with Gasteiger partial charge < -0.3 is 0 Å². The van der Waals surface area contributed by atoms with E-state index in [-0.39, 0.29) is 5.91 Å². The zero-order chi connectivity index (χ0) is 23.2. The van der Waals surface area contributed by atoms with Crippen molar-refractivity contribution < 1.29 is 4.79 Å². The molecule has 0 fully saturated rings. The van der Waals surface area contributed by atoms with E-state index in [4.69, 9.17) is 4.98 Å². The summed E-state index contributed by atoms with van der Waals surface area (Å²) in [6.45, 7) is 9.07. The summed E-state index contributed by atoms with van der Waals surface area (Å²) in [6, 6.07) is 16.9. The number of carbonyl (C=O) groups excluding carboxylic acids is 1. The van der Waals surface area contributed by atoms with Crippen molar-refractivity contribution in [2.75, 3.05) is 5.32 Å². The maximum Gasteiger partial charge on any atom is 0.267 e. The van der Waals surface area contributed by atoms with E-state index in [2.05, 4.69) is 75.5 Å². The van der Waals surface area contributed by atoms with Crippen molar-refractivity contribution >= 4 is 43.8 Å². The van der Waals surface area contributed by atoms with Gasteiger partial charge in [-0.15, -0.1) is 22.7 Å². The van der Waals surface area contributed by atoms with Crippen LogP contribution in [0.5, 0.6) is 0 Å². The van der Waals surface area contributed by atoms with Crippen molar-refractivity contribution in [3.63, 3.8) is 0 Å². The Balaban J connectivity index is 1.42. The number of rotatable bonds is 4. The van der Waals surface area contributed by atoms with Crippen LogP contribution in [0.1, 0.15) is 64.1 Å². The molecule has 2 heterocycles. The lowest BCUT2D eigenvalue weighted by Gasteiger charge is -2.33. The molecule has 0 spiro atoms. The van der Waals surface area contributed by atoms with Gasteiger partial charge in [-0.2, -0.15) is 0 Å². The third-order valence-electron chi connectivity index (χ3n) is 6.79. The number of hydrogen-bond acceptors (Lipinski definition) is 4. The summed E-state index contributed by atoms with van der Waals surface area (Å²) < 4.78 is 1.15. The molecule has 1 aliphatic carbocycles. The molecule has 0 saturated carbocycles. The lowest BCUT2D eigenvalue weighted by Crippen LogP contribution is -2.26. The predicted octanol–water partition coefficient (Wildman–Crippen LogP) is 7.66. The van der Waals surface area contributed by atoms with Crippen molar-refractivity contribution in [1.29, 1.82) is 0 Å². The molecular formula is C28H30N2OS2. The molecule has 2 aromatic heterocycles. The highest BCUT2D eigenvalue weighted by atomic mass is 32.1. The van der Waals surface area contributed by atoms with Crippen molar-refractivity contribution in [2.24, 2.45) is 11.3 Å². The van der Waals surface area contributed by atoms with E-state index in [1.54, 1.807) is 22.7 Å². The first-order chi connectivity index (χ1) is 15.8. The van der Waals surface area contributed by atoms with Crippen molar-refractivity contribution in [3.05, 3.63) is 80.7 Å². The second kappa shape index (κ2) is 8.69. The summed E-state index contributed by atoms with van der Waals surface area (Å²) in [7, 11) is 0. The molecule has 1 atom stereocenters. The first-order valence-electron chi connectivity index (χ1n) is 11.6. The number of aryl methyl sites for hydroxylation is 2. The number of thiophene rings is 1. The number of hydrogen-bond donors (Lipinski definition) is 1. The zero-order valence-corrected chi connectivity index (χ0v) is 21.3. The number of aromatic nitrogens is 1. The average Bonchev–Trinajstić information content (AvgIpc) is 3.35. The second-order valence-electron chi connectivity index (χ2n) is 10.2. The van der Waals surface area contributed by atoms with Crippen LogP contribution in [0, 0.1) is 18.3 Å². The smallest absolute Gasteiger partial charge is 0.267 e. The summed E-state index contributed by atoms with van der Waals surface area (Å²) in [4.78, 5) is 20.4. The van der Waals surface area contributed by atoms with E-state index < -0.39 is 0 Å². The largest absolute Gasteiger partial charge is 0.297 e. The van der Waals surface area contributed by atoms with Gasteiger partial charge in [0.05, 0.1) is 10.6 Å². The molecule has 0 bridgehead atoms. The van der Waals surface area contributed by atoms with Crippen LogP contribution < -0.4 is 5.32 Å². The quantitative estimate of drug-likeness (QED) is 0.330. The Morgan fingerprint density at radius 2 is 1.85 bits per heavy atom. The van der Waals surface area contributed by atoms with E-state index in [9.17, 15) is 4.79 Å². The summed E-state index contributed by atoms with van der Waals surface area (Å²) in [5, 5.41) is 5.05. The highest BCUT2D eigenvalue weighted by molar-refractivity contribution is 7.21. The Morgan fingerprint density at radius 3 is 2.61 bits per heavy atom. The van der Waals surface area contributed by atoms with Crippen LogP contribution in [0.15, 0.2) is 48.5 Å². The topological polar surface area (TPSA) is 42.0 Å². The lowest BCUT2D eigenvalue weighted by atomic mass is 9.73. The number of fused-ring (bicyclic) bond motifs is 2. The number of carbonyl (C=O) groups is 1. The van der Waals surface area contributed by atoms with Gasteiger partial charge in [0.15, 0.2) is 5.13 Å². The van der Waals surface area contributed by atoms with E-state index in [1.165, 1.54) is 33.5 Å². The van der Waals surface area contributed by atoms with Gasteiger partial charge in [-0.05, 0) is 66.5 Å². The van der Waals surface area contributed by atoms with Crippen LogP contribution >= 0.6 is 22.7 Å². The highest BCUT2D eigenvalue weighted by Gasteiger charge is 2.31. The van der Waals surface area contributed by atoms with E-state index >= 15 is 0 Å². The molecule has 1 aliphatic rings. The molecule has 170 valence electrons. The fourth-order valence-electron chi connectivity index (χ4n) is 4.69. The van der Waals surface area contributed by atoms with Crippen LogP contribution in [-0.4, -0.2) is 10.9 Å². The van der Waals surface area contributed by atoms with Gasteiger partial charge in [-0.3, -0.25) is 10.1 Å². The summed E-state index contributed by atoms with van der Waals surface area (Å²) >= 11 is 3.24. The van der Waals surface area contributed by atoms with Crippen molar-refractivity contribution in [1.82, 2.24) is 4.98 Å². The Bertz CT molecular complexity index is 1310. The highest BCUT2D eigenvalue weighted by Crippen LogP contribution is 2.40. The van der Waals surface area contributed by atoms with Crippen LogP contribution in [0.2, 0.25) is 0 Å². The maximum atomic E-state index is 13.5. The Labute approximate surface area is 203 Å². The third kappa shape index (κ3) is 4.62. The molecule has 5 rings (SSSR count). The molecule has 1 unspecified atom stereocenters. The lowest BCUT2D eigenvalue weighted by molar-refractivity contribution is 0.103. The number of thiazole rings is 1. The first-order valence-corrected chi connectivity index (χ1v) is 13.3. The molecule has 1 amide bonds. The molecule has 0 saturated heterocycles. The maximum absolute atomic E-state index is 13.5. The number of amides is 1. The van der Waals surface area contributed by atoms with Gasteiger partial charge >= 0.3 is 0 Å². The fraction of sp³-hybridized carbons (Fsp3) is 0.357. The van der Waals surface area contributed by atoms with Gasteiger partial charge in [0.1, 0.15) is 0 Å². The number of benzene rings is 2. The molecule has 33 heavy (non-hydrogen) atoms. The summed E-state index contributed by atoms with van der Waals surface area (Å²) in [5.41, 5.74) is 5.04. The molecular weight excluding hydrogens is 444 g/mol. The van der Waals surface area contributed by atoms with E-state index in [0.717, 1.165) is 39.5 Å². The molecule has 5 heteroatoms. The fourth-order valence-corrected chi connectivity index (χ4v) is 6.89. The normalized spacial score (nSPS) is 16.1. The molecule has 3 nitrogen and oxygen atoms in total. The SMILES string of the molecule is Cc1ccc(Cc2c(C(=O)Nc3nc4c(s3)CC(C(C)(C)C)CC4)sc3ccccc23)cc1. The van der Waals surface area contributed by atoms with Crippen molar-refractivity contribution in [3.8, 4) is 0 Å². The zero-order valence-electron chi connectivity index (χ0n) is 19.7. The number of nitrogens with one attached hydrogen (secondary N) is 1. The summed E-state index contributed by atoms with van der Waals surface area (Å²) in [6.07, 6.45) is 3.98. The van der Waals surface area contributed by atoms with Gasteiger partial charge in [0.25, 0.3) is 5.91 Å². The minimum absolute atomic E-state index is 0.0446. The minimum Gasteiger partial charge on any atom is -0.297 e. The average molecular weight is 475 g/mol. The second-order valence-corrected chi connectivity index (χ2v) is 12.4. The van der Waals surface area contributed by atoms with Gasteiger partial charge in [0.2, 0.25) is 0 Å². The first kappa shape index (κ1) is 22.3.